The fourth-order valence-corrected chi connectivity index (χ4v) is 2.66. The molecule has 2 heterocycles. The first kappa shape index (κ1) is 22.2. The van der Waals surface area contributed by atoms with Crippen LogP contribution in [0.3, 0.4) is 0 Å². The van der Waals surface area contributed by atoms with Crippen LogP contribution < -0.4 is 5.32 Å². The second-order valence-corrected chi connectivity index (χ2v) is 5.99. The van der Waals surface area contributed by atoms with Crippen molar-refractivity contribution >= 4 is 11.6 Å². The van der Waals surface area contributed by atoms with Crippen molar-refractivity contribution in [3.05, 3.63) is 58.7 Å². The average Bonchev–Trinajstić information content (AvgIpc) is 3.24. The molecular weight excluding hydrogens is 449 g/mol. The van der Waals surface area contributed by atoms with E-state index in [1.165, 1.54) is 7.05 Å². The number of anilines is 1. The minimum Gasteiger partial charge on any atom is -0.319 e. The van der Waals surface area contributed by atoms with Crippen LogP contribution in [0.1, 0.15) is 28.2 Å². The smallest absolute Gasteiger partial charge is 0.319 e. The minimum atomic E-state index is -5.46. The fraction of sp³-hybridized carbons (Fsp3) is 0.188. The molecule has 1 amide bonds. The number of hydrogen-bond donors (Lipinski definition) is 1. The lowest BCUT2D eigenvalue weighted by atomic mass is 10.2. The molecule has 0 atom stereocenters. The largest absolute Gasteiger partial charge is 0.435 e. The number of aromatic nitrogens is 4. The van der Waals surface area contributed by atoms with Gasteiger partial charge in [0.25, 0.3) is 12.3 Å². The summed E-state index contributed by atoms with van der Waals surface area (Å²) in [4.78, 5) is 12.2. The first-order valence-corrected chi connectivity index (χ1v) is 7.94. The van der Waals surface area contributed by atoms with Gasteiger partial charge in [-0.2, -0.15) is 23.4 Å². The molecule has 166 valence electrons. The maximum absolute atomic E-state index is 14.0. The third kappa shape index (κ3) is 3.94. The molecule has 0 bridgehead atoms. The molecule has 2 aromatic heterocycles. The quantitative estimate of drug-likeness (QED) is 0.468. The Hall–Kier alpha value is -3.52. The van der Waals surface area contributed by atoms with Crippen LogP contribution in [0.5, 0.6) is 0 Å². The highest BCUT2D eigenvalue weighted by Crippen LogP contribution is 2.38. The first-order valence-electron chi connectivity index (χ1n) is 7.94. The van der Waals surface area contributed by atoms with Gasteiger partial charge in [-0.25, -0.2) is 31.0 Å². The second-order valence-electron chi connectivity index (χ2n) is 5.99. The molecule has 0 aliphatic heterocycles. The van der Waals surface area contributed by atoms with Crippen molar-refractivity contribution in [3.8, 4) is 5.69 Å². The topological polar surface area (TPSA) is 64.7 Å². The standard InChI is InChI=1S/C16H8F9N5O/c1-29-4-5(11(28-29)14(21)22)15(31)27-8-3-26-30(13(8)16(23,24)25)12-9(19)6(17)2-7(18)10(12)20/h2-4,14H,1H3,(H,27,31). The summed E-state index contributed by atoms with van der Waals surface area (Å²) >= 11 is 0. The normalized spacial score (nSPS) is 12.0. The SMILES string of the molecule is Cn1cc(C(=O)Nc2cnn(-c3c(F)c(F)cc(F)c3F)c2C(F)(F)F)c(C(F)F)n1. The van der Waals surface area contributed by atoms with Crippen LogP contribution in [0.25, 0.3) is 5.69 Å². The monoisotopic (exact) mass is 457 g/mol. The molecule has 0 radical (unpaired) electrons. The van der Waals surface area contributed by atoms with E-state index < -0.39 is 74.8 Å². The van der Waals surface area contributed by atoms with E-state index in [0.717, 1.165) is 10.9 Å². The maximum atomic E-state index is 14.0. The highest BCUT2D eigenvalue weighted by atomic mass is 19.4. The molecule has 1 aromatic carbocycles. The average molecular weight is 457 g/mol. The molecule has 0 aliphatic rings. The van der Waals surface area contributed by atoms with Crippen LogP contribution in [0.15, 0.2) is 18.5 Å². The number of aryl methyl sites for hydroxylation is 1. The summed E-state index contributed by atoms with van der Waals surface area (Å²) in [6, 6.07) is -0.220. The van der Waals surface area contributed by atoms with E-state index in [1.807, 2.05) is 0 Å². The van der Waals surface area contributed by atoms with Gasteiger partial charge >= 0.3 is 6.18 Å². The minimum absolute atomic E-state index is 0.220. The summed E-state index contributed by atoms with van der Waals surface area (Å²) in [6.45, 7) is 0. The Morgan fingerprint density at radius 3 is 2.19 bits per heavy atom. The number of nitrogens with one attached hydrogen (secondary N) is 1. The van der Waals surface area contributed by atoms with Gasteiger partial charge in [-0.1, -0.05) is 0 Å². The van der Waals surface area contributed by atoms with Crippen molar-refractivity contribution in [2.75, 3.05) is 5.32 Å². The summed E-state index contributed by atoms with van der Waals surface area (Å²) in [7, 11) is 1.17. The summed E-state index contributed by atoms with van der Waals surface area (Å²) in [5.74, 6) is -9.84. The Kier molecular flexibility index (Phi) is 5.45. The predicted molar refractivity (Wildman–Crippen MR) is 84.5 cm³/mol. The first-order chi connectivity index (χ1) is 14.3. The zero-order valence-corrected chi connectivity index (χ0v) is 14.9. The summed E-state index contributed by atoms with van der Waals surface area (Å²) in [5.41, 5.74) is -6.89. The van der Waals surface area contributed by atoms with Crippen molar-refractivity contribution in [3.63, 3.8) is 0 Å². The Bertz CT molecular complexity index is 1140. The van der Waals surface area contributed by atoms with Gasteiger partial charge in [0.15, 0.2) is 29.0 Å². The summed E-state index contributed by atoms with van der Waals surface area (Å²) in [5, 5.41) is 8.02. The fourth-order valence-electron chi connectivity index (χ4n) is 2.66. The van der Waals surface area contributed by atoms with Crippen LogP contribution in [0.4, 0.5) is 45.2 Å². The number of carbonyl (C=O) groups is 1. The van der Waals surface area contributed by atoms with Crippen molar-refractivity contribution in [2.45, 2.75) is 12.6 Å². The van der Waals surface area contributed by atoms with Gasteiger partial charge in [0, 0.05) is 19.3 Å². The lowest BCUT2D eigenvalue weighted by molar-refractivity contribution is -0.142. The van der Waals surface area contributed by atoms with Gasteiger partial charge < -0.3 is 5.32 Å². The zero-order valence-electron chi connectivity index (χ0n) is 14.9. The molecule has 3 rings (SSSR count). The predicted octanol–water partition coefficient (Wildman–Crippen LogP) is 4.37. The molecule has 3 aromatic rings. The van der Waals surface area contributed by atoms with Crippen molar-refractivity contribution in [1.29, 1.82) is 0 Å². The molecule has 0 aliphatic carbocycles. The van der Waals surface area contributed by atoms with Crippen LogP contribution in [0.2, 0.25) is 0 Å². The lowest BCUT2D eigenvalue weighted by Gasteiger charge is -2.14. The van der Waals surface area contributed by atoms with E-state index in [4.69, 9.17) is 0 Å². The van der Waals surface area contributed by atoms with Crippen molar-refractivity contribution in [2.24, 2.45) is 7.05 Å². The van der Waals surface area contributed by atoms with E-state index in [0.29, 0.717) is 0 Å². The van der Waals surface area contributed by atoms with Crippen LogP contribution in [-0.2, 0) is 13.2 Å². The number of hydrogen-bond acceptors (Lipinski definition) is 3. The molecule has 0 fully saturated rings. The van der Waals surface area contributed by atoms with E-state index in [9.17, 15) is 44.3 Å². The van der Waals surface area contributed by atoms with Gasteiger partial charge in [-0.15, -0.1) is 0 Å². The third-order valence-corrected chi connectivity index (χ3v) is 3.90. The van der Waals surface area contributed by atoms with E-state index in [-0.39, 0.29) is 12.3 Å². The number of benzene rings is 1. The van der Waals surface area contributed by atoms with Gasteiger partial charge in [-0.05, 0) is 0 Å². The van der Waals surface area contributed by atoms with E-state index in [2.05, 4.69) is 10.2 Å². The highest BCUT2D eigenvalue weighted by Gasteiger charge is 2.41. The van der Waals surface area contributed by atoms with Crippen LogP contribution in [-0.4, -0.2) is 25.5 Å². The number of carbonyl (C=O) groups excluding carboxylic acids is 1. The van der Waals surface area contributed by atoms with E-state index >= 15 is 0 Å². The van der Waals surface area contributed by atoms with Gasteiger partial charge in [0.05, 0.1) is 17.4 Å². The second kappa shape index (κ2) is 7.63. The maximum Gasteiger partial charge on any atom is 0.435 e. The van der Waals surface area contributed by atoms with E-state index in [1.54, 1.807) is 5.32 Å². The highest BCUT2D eigenvalue weighted by molar-refractivity contribution is 6.05. The lowest BCUT2D eigenvalue weighted by Crippen LogP contribution is -2.20. The number of halogens is 9. The molecule has 1 N–H and O–H groups in total. The van der Waals surface area contributed by atoms with Crippen LogP contribution >= 0.6 is 0 Å². The van der Waals surface area contributed by atoms with Gasteiger partial charge in [0.2, 0.25) is 0 Å². The third-order valence-electron chi connectivity index (χ3n) is 3.90. The Morgan fingerprint density at radius 1 is 1.10 bits per heavy atom. The molecule has 31 heavy (non-hydrogen) atoms. The number of rotatable bonds is 4. The Balaban J connectivity index is 2.14. The molecule has 0 unspecified atom stereocenters. The number of amides is 1. The number of nitrogens with zero attached hydrogens (tertiary/aromatic N) is 4. The number of alkyl halides is 5. The van der Waals surface area contributed by atoms with Crippen molar-refractivity contribution in [1.82, 2.24) is 19.6 Å². The Morgan fingerprint density at radius 2 is 1.68 bits per heavy atom. The van der Waals surface area contributed by atoms with Gasteiger partial charge in [0.1, 0.15) is 11.4 Å². The molecule has 0 saturated carbocycles. The molecule has 6 nitrogen and oxygen atoms in total. The summed E-state index contributed by atoms with van der Waals surface area (Å²) < 4.78 is 122. The zero-order chi connectivity index (χ0) is 23.2. The molecule has 0 saturated heterocycles. The molecular formula is C16H8F9N5O. The molecule has 15 heteroatoms. The summed E-state index contributed by atoms with van der Waals surface area (Å²) in [6.07, 6.45) is -7.62. The van der Waals surface area contributed by atoms with Gasteiger partial charge in [-0.3, -0.25) is 9.48 Å². The molecule has 0 spiro atoms. The Labute approximate surface area is 165 Å². The van der Waals surface area contributed by atoms with Crippen LogP contribution in [0, 0.1) is 23.3 Å². The van der Waals surface area contributed by atoms with Crippen molar-refractivity contribution < 1.29 is 44.3 Å².